The molecular formula is C17H14N2O7. The average molecular weight is 358 g/mol. The Morgan fingerprint density at radius 3 is 2.46 bits per heavy atom. The van der Waals surface area contributed by atoms with Crippen LogP contribution < -0.4 is 4.74 Å². The third-order valence-corrected chi connectivity index (χ3v) is 3.80. The van der Waals surface area contributed by atoms with Gasteiger partial charge in [-0.05, 0) is 25.1 Å². The van der Waals surface area contributed by atoms with Crippen molar-refractivity contribution in [3.05, 3.63) is 35.2 Å². The molecule has 0 amide bonds. The molecule has 0 fully saturated rings. The minimum atomic E-state index is -1.37. The van der Waals surface area contributed by atoms with Gasteiger partial charge in [-0.15, -0.1) is 0 Å². The summed E-state index contributed by atoms with van der Waals surface area (Å²) in [6.07, 6.45) is 0. The van der Waals surface area contributed by atoms with Crippen LogP contribution in [0, 0.1) is 0 Å². The van der Waals surface area contributed by atoms with Crippen LogP contribution in [0.25, 0.3) is 21.8 Å². The SMILES string of the molecule is CCOC(=O)c1cc2cc(OC)c3nc(C(=O)O)cc(C(=O)O)c3c2[nH]1. The number of rotatable bonds is 5. The summed E-state index contributed by atoms with van der Waals surface area (Å²) < 4.78 is 10.2. The van der Waals surface area contributed by atoms with Crippen molar-refractivity contribution in [1.82, 2.24) is 9.97 Å². The second-order valence-electron chi connectivity index (χ2n) is 5.34. The van der Waals surface area contributed by atoms with Crippen LogP contribution >= 0.6 is 0 Å². The highest BCUT2D eigenvalue weighted by Gasteiger charge is 2.22. The lowest BCUT2D eigenvalue weighted by molar-refractivity contribution is 0.0519. The molecule has 26 heavy (non-hydrogen) atoms. The normalized spacial score (nSPS) is 10.8. The van der Waals surface area contributed by atoms with Crippen LogP contribution in [0.1, 0.15) is 38.3 Å². The lowest BCUT2D eigenvalue weighted by atomic mass is 10.0. The number of carboxylic acids is 2. The number of pyridine rings is 1. The Morgan fingerprint density at radius 1 is 1.15 bits per heavy atom. The van der Waals surface area contributed by atoms with Crippen molar-refractivity contribution in [3.63, 3.8) is 0 Å². The Kier molecular flexibility index (Phi) is 4.21. The quantitative estimate of drug-likeness (QED) is 0.590. The molecular weight excluding hydrogens is 344 g/mol. The maximum Gasteiger partial charge on any atom is 0.354 e. The molecule has 134 valence electrons. The highest BCUT2D eigenvalue weighted by atomic mass is 16.5. The Hall–Kier alpha value is -3.62. The van der Waals surface area contributed by atoms with Gasteiger partial charge in [0.05, 0.1) is 24.8 Å². The molecule has 0 radical (unpaired) electrons. The number of fused-ring (bicyclic) bond motifs is 3. The van der Waals surface area contributed by atoms with Crippen LogP contribution in [0.3, 0.4) is 0 Å². The molecule has 0 saturated carbocycles. The first-order valence-corrected chi connectivity index (χ1v) is 7.55. The van der Waals surface area contributed by atoms with E-state index in [9.17, 15) is 24.6 Å². The summed E-state index contributed by atoms with van der Waals surface area (Å²) in [6, 6.07) is 4.02. The van der Waals surface area contributed by atoms with E-state index in [-0.39, 0.29) is 34.5 Å². The van der Waals surface area contributed by atoms with E-state index in [1.165, 1.54) is 13.2 Å². The van der Waals surface area contributed by atoms with Gasteiger partial charge in [0.1, 0.15) is 22.7 Å². The Labute approximate surface area is 146 Å². The Morgan fingerprint density at radius 2 is 1.88 bits per heavy atom. The topological polar surface area (TPSA) is 139 Å². The molecule has 9 nitrogen and oxygen atoms in total. The maximum absolute atomic E-state index is 12.0. The average Bonchev–Trinajstić information content (AvgIpc) is 3.04. The molecule has 0 atom stereocenters. The second-order valence-corrected chi connectivity index (χ2v) is 5.34. The van der Waals surface area contributed by atoms with E-state index < -0.39 is 23.6 Å². The molecule has 1 aromatic carbocycles. The molecule has 0 unspecified atom stereocenters. The number of ether oxygens (including phenoxy) is 2. The van der Waals surface area contributed by atoms with Gasteiger partial charge in [-0.3, -0.25) is 0 Å². The standard InChI is InChI=1S/C17H14N2O7/c1-3-26-17(24)10-4-7-5-11(25-2)14-12(13(7)19-10)8(15(20)21)6-9(18-14)16(22)23/h4-6,19H,3H2,1-2H3,(H,20,21)(H,22,23). The molecule has 3 aromatic rings. The number of nitrogens with zero attached hydrogens (tertiary/aromatic N) is 1. The number of H-pyrrole nitrogens is 1. The van der Waals surface area contributed by atoms with Gasteiger partial charge in [0.25, 0.3) is 0 Å². The number of aromatic nitrogens is 2. The molecule has 3 rings (SSSR count). The highest BCUT2D eigenvalue weighted by molar-refractivity contribution is 6.17. The molecule has 0 saturated heterocycles. The third-order valence-electron chi connectivity index (χ3n) is 3.80. The number of methoxy groups -OCH3 is 1. The smallest absolute Gasteiger partial charge is 0.354 e. The first-order valence-electron chi connectivity index (χ1n) is 7.55. The zero-order valence-corrected chi connectivity index (χ0v) is 13.8. The molecule has 0 aliphatic rings. The van der Waals surface area contributed by atoms with Crippen molar-refractivity contribution in [3.8, 4) is 5.75 Å². The number of aromatic carboxylic acids is 2. The summed E-state index contributed by atoms with van der Waals surface area (Å²) in [4.78, 5) is 41.8. The van der Waals surface area contributed by atoms with E-state index in [0.29, 0.717) is 10.9 Å². The molecule has 9 heteroatoms. The van der Waals surface area contributed by atoms with Gasteiger partial charge in [0.2, 0.25) is 0 Å². The summed E-state index contributed by atoms with van der Waals surface area (Å²) in [5, 5.41) is 19.4. The van der Waals surface area contributed by atoms with Crippen molar-refractivity contribution in [2.45, 2.75) is 6.92 Å². The largest absolute Gasteiger partial charge is 0.494 e. The van der Waals surface area contributed by atoms with Crippen LogP contribution in [0.2, 0.25) is 0 Å². The molecule has 2 heterocycles. The molecule has 2 aromatic heterocycles. The molecule has 0 aliphatic carbocycles. The zero-order chi connectivity index (χ0) is 19.0. The Balaban J connectivity index is 2.45. The van der Waals surface area contributed by atoms with Crippen LogP contribution in [0.15, 0.2) is 18.2 Å². The van der Waals surface area contributed by atoms with Crippen LogP contribution in [0.5, 0.6) is 5.75 Å². The number of carboxylic acid groups (broad SMARTS) is 2. The summed E-state index contributed by atoms with van der Waals surface area (Å²) in [5.74, 6) is -3.10. The van der Waals surface area contributed by atoms with E-state index >= 15 is 0 Å². The van der Waals surface area contributed by atoms with E-state index in [0.717, 1.165) is 6.07 Å². The van der Waals surface area contributed by atoms with Gasteiger partial charge in [-0.1, -0.05) is 0 Å². The summed E-state index contributed by atoms with van der Waals surface area (Å²) in [6.45, 7) is 1.85. The number of nitrogens with one attached hydrogen (secondary N) is 1. The zero-order valence-electron chi connectivity index (χ0n) is 13.8. The van der Waals surface area contributed by atoms with Gasteiger partial charge in [-0.2, -0.15) is 0 Å². The van der Waals surface area contributed by atoms with Gasteiger partial charge >= 0.3 is 17.9 Å². The van der Waals surface area contributed by atoms with Crippen molar-refractivity contribution in [2.24, 2.45) is 0 Å². The van der Waals surface area contributed by atoms with E-state index in [2.05, 4.69) is 9.97 Å². The van der Waals surface area contributed by atoms with Crippen molar-refractivity contribution in [2.75, 3.05) is 13.7 Å². The monoisotopic (exact) mass is 358 g/mol. The maximum atomic E-state index is 12.0. The van der Waals surface area contributed by atoms with Crippen molar-refractivity contribution >= 4 is 39.7 Å². The number of aromatic amines is 1. The van der Waals surface area contributed by atoms with Gasteiger partial charge < -0.3 is 24.7 Å². The predicted octanol–water partition coefficient (Wildman–Crippen LogP) is 2.30. The minimum Gasteiger partial charge on any atom is -0.494 e. The van der Waals surface area contributed by atoms with Crippen LogP contribution in [-0.4, -0.2) is 51.8 Å². The molecule has 0 bridgehead atoms. The fraction of sp³-hybridized carbons (Fsp3) is 0.176. The van der Waals surface area contributed by atoms with E-state index in [1.807, 2.05) is 0 Å². The number of carbonyl (C=O) groups excluding carboxylic acids is 1. The van der Waals surface area contributed by atoms with Crippen LogP contribution in [0.4, 0.5) is 0 Å². The number of carbonyl (C=O) groups is 3. The van der Waals surface area contributed by atoms with Gasteiger partial charge in [0.15, 0.2) is 0 Å². The summed E-state index contributed by atoms with van der Waals surface area (Å²) >= 11 is 0. The molecule has 0 spiro atoms. The fourth-order valence-corrected chi connectivity index (χ4v) is 2.73. The highest BCUT2D eigenvalue weighted by Crippen LogP contribution is 2.35. The fourth-order valence-electron chi connectivity index (χ4n) is 2.73. The van der Waals surface area contributed by atoms with Crippen LogP contribution in [-0.2, 0) is 4.74 Å². The van der Waals surface area contributed by atoms with E-state index in [4.69, 9.17) is 9.47 Å². The van der Waals surface area contributed by atoms with Gasteiger partial charge in [-0.25, -0.2) is 19.4 Å². The Bertz CT molecular complexity index is 1070. The predicted molar refractivity (Wildman–Crippen MR) is 90.0 cm³/mol. The van der Waals surface area contributed by atoms with Crippen molar-refractivity contribution in [1.29, 1.82) is 0 Å². The summed E-state index contributed by atoms with van der Waals surface area (Å²) in [7, 11) is 1.36. The van der Waals surface area contributed by atoms with E-state index in [1.54, 1.807) is 13.0 Å². The third kappa shape index (κ3) is 2.69. The lowest BCUT2D eigenvalue weighted by Crippen LogP contribution is -2.07. The first-order chi connectivity index (χ1) is 12.4. The second kappa shape index (κ2) is 6.36. The van der Waals surface area contributed by atoms with Gasteiger partial charge in [0, 0.05) is 10.8 Å². The van der Waals surface area contributed by atoms with Crippen molar-refractivity contribution < 1.29 is 34.1 Å². The lowest BCUT2D eigenvalue weighted by Gasteiger charge is -2.10. The number of esters is 1. The molecule has 3 N–H and O–H groups in total. The number of benzene rings is 1. The number of hydrogen-bond donors (Lipinski definition) is 3. The first kappa shape index (κ1) is 17.2. The minimum absolute atomic E-state index is 0.0644. The number of hydrogen-bond acceptors (Lipinski definition) is 6. The summed E-state index contributed by atoms with van der Waals surface area (Å²) in [5.41, 5.74) is -0.173. The molecule has 0 aliphatic heterocycles.